The highest BCUT2D eigenvalue weighted by molar-refractivity contribution is 5.91. The molecule has 0 saturated carbocycles. The van der Waals surface area contributed by atoms with Crippen LogP contribution in [-0.2, 0) is 0 Å². The molecule has 152 valence electrons. The number of nitrogens with zero attached hydrogens (tertiary/aromatic N) is 1. The van der Waals surface area contributed by atoms with Gasteiger partial charge in [0, 0.05) is 0 Å². The summed E-state index contributed by atoms with van der Waals surface area (Å²) < 4.78 is 10.6. The molecule has 0 aliphatic heterocycles. The Morgan fingerprint density at radius 3 is 2.43 bits per heavy atom. The predicted molar refractivity (Wildman–Crippen MR) is 108 cm³/mol. The summed E-state index contributed by atoms with van der Waals surface area (Å²) in [4.78, 5) is 49.5. The summed E-state index contributed by atoms with van der Waals surface area (Å²) in [6, 6.07) is 13.0. The lowest BCUT2D eigenvalue weighted by molar-refractivity contribution is -0.386. The minimum atomic E-state index is -1.11. The molecule has 0 amide bonds. The van der Waals surface area contributed by atoms with Crippen molar-refractivity contribution in [1.29, 1.82) is 0 Å². The van der Waals surface area contributed by atoms with Gasteiger partial charge in [-0.25, -0.2) is 9.59 Å². The van der Waals surface area contributed by atoms with Gasteiger partial charge in [-0.2, -0.15) is 0 Å². The van der Waals surface area contributed by atoms with Gasteiger partial charge in [0.2, 0.25) is 0 Å². The van der Waals surface area contributed by atoms with Crippen molar-refractivity contribution in [3.63, 3.8) is 0 Å². The van der Waals surface area contributed by atoms with E-state index in [0.717, 1.165) is 0 Å². The Hall–Kier alpha value is -4.47. The molecule has 0 aliphatic rings. The molecule has 0 unspecified atom stereocenters. The van der Waals surface area contributed by atoms with Gasteiger partial charge < -0.3 is 14.5 Å². The van der Waals surface area contributed by atoms with E-state index in [1.165, 1.54) is 31.4 Å². The van der Waals surface area contributed by atoms with E-state index in [9.17, 15) is 24.5 Å². The first-order valence-electron chi connectivity index (χ1n) is 8.53. The summed E-state index contributed by atoms with van der Waals surface area (Å²) in [6.45, 7) is 0. The van der Waals surface area contributed by atoms with Gasteiger partial charge in [-0.3, -0.25) is 19.9 Å². The molecule has 2 N–H and O–H groups in total. The Morgan fingerprint density at radius 2 is 1.77 bits per heavy atom. The minimum Gasteiger partial charge on any atom is -0.493 e. The van der Waals surface area contributed by atoms with E-state index in [2.05, 4.69) is 4.98 Å². The largest absolute Gasteiger partial charge is 0.493 e. The Morgan fingerprint density at radius 1 is 1.03 bits per heavy atom. The Bertz CT molecular complexity index is 1240. The summed E-state index contributed by atoms with van der Waals surface area (Å²) in [5.41, 5.74) is -2.13. The van der Waals surface area contributed by atoms with Crippen molar-refractivity contribution in [1.82, 2.24) is 9.97 Å². The molecule has 3 aromatic rings. The highest BCUT2D eigenvalue weighted by atomic mass is 16.6. The normalized spacial score (nSPS) is 10.7. The van der Waals surface area contributed by atoms with Crippen molar-refractivity contribution >= 4 is 23.8 Å². The molecule has 30 heavy (non-hydrogen) atoms. The third kappa shape index (κ3) is 4.50. The predicted octanol–water partition coefficient (Wildman–Crippen LogP) is 2.37. The van der Waals surface area contributed by atoms with Crippen LogP contribution >= 0.6 is 0 Å². The van der Waals surface area contributed by atoms with Gasteiger partial charge in [-0.1, -0.05) is 30.3 Å². The molecule has 10 nitrogen and oxygen atoms in total. The zero-order chi connectivity index (χ0) is 21.7. The van der Waals surface area contributed by atoms with Crippen LogP contribution in [0.1, 0.15) is 21.6 Å². The molecular weight excluding hydrogens is 394 g/mol. The number of H-pyrrole nitrogens is 2. The molecule has 10 heteroatoms. The van der Waals surface area contributed by atoms with Gasteiger partial charge in [-0.05, 0) is 35.9 Å². The van der Waals surface area contributed by atoms with Crippen LogP contribution < -0.4 is 20.7 Å². The second-order valence-electron chi connectivity index (χ2n) is 5.93. The number of nitro groups is 1. The first kappa shape index (κ1) is 20.3. The van der Waals surface area contributed by atoms with Gasteiger partial charge in [0.25, 0.3) is 0 Å². The van der Waals surface area contributed by atoms with Gasteiger partial charge >= 0.3 is 22.9 Å². The lowest BCUT2D eigenvalue weighted by atomic mass is 10.1. The summed E-state index contributed by atoms with van der Waals surface area (Å²) >= 11 is 0. The zero-order valence-corrected chi connectivity index (χ0v) is 15.6. The highest BCUT2D eigenvalue weighted by Gasteiger charge is 2.19. The Labute approximate surface area is 168 Å². The van der Waals surface area contributed by atoms with E-state index in [0.29, 0.717) is 11.1 Å². The zero-order valence-electron chi connectivity index (χ0n) is 15.6. The molecule has 1 aromatic heterocycles. The number of hydrogen-bond acceptors (Lipinski definition) is 7. The minimum absolute atomic E-state index is 0.180. The lowest BCUT2D eigenvalue weighted by Gasteiger charge is -2.10. The second-order valence-corrected chi connectivity index (χ2v) is 5.93. The fourth-order valence-corrected chi connectivity index (χ4v) is 2.58. The van der Waals surface area contributed by atoms with Crippen molar-refractivity contribution in [2.24, 2.45) is 0 Å². The van der Waals surface area contributed by atoms with Crippen molar-refractivity contribution in [2.75, 3.05) is 7.11 Å². The van der Waals surface area contributed by atoms with E-state index >= 15 is 0 Å². The molecule has 0 atom stereocenters. The standard InChI is InChI=1S/C20H15N3O7/c1-29-16-11-12(7-9-14-17(23(27)28)18(24)22-20(26)21-14)8-10-15(16)30-19(25)13-5-3-2-4-6-13/h2-11H,1H3,(H2,21,22,24,26)/b9-7+. The average Bonchev–Trinajstić information content (AvgIpc) is 2.72. The molecule has 2 aromatic carbocycles. The number of aromatic nitrogens is 2. The van der Waals surface area contributed by atoms with Gasteiger partial charge in [-0.15, -0.1) is 0 Å². The van der Waals surface area contributed by atoms with E-state index in [1.54, 1.807) is 41.4 Å². The molecule has 0 saturated heterocycles. The molecule has 0 bridgehead atoms. The summed E-state index contributed by atoms with van der Waals surface area (Å²) in [5, 5.41) is 11.1. The summed E-state index contributed by atoms with van der Waals surface area (Å²) in [6.07, 6.45) is 2.65. The van der Waals surface area contributed by atoms with Crippen molar-refractivity contribution in [3.05, 3.63) is 96.3 Å². The molecule has 0 fully saturated rings. The fraction of sp³-hybridized carbons (Fsp3) is 0.0500. The summed E-state index contributed by atoms with van der Waals surface area (Å²) in [7, 11) is 1.39. The number of carbonyl (C=O) groups is 1. The number of rotatable bonds is 6. The van der Waals surface area contributed by atoms with Gasteiger partial charge in [0.05, 0.1) is 17.6 Å². The number of carbonyl (C=O) groups excluding carboxylic acids is 1. The molecule has 3 rings (SSSR count). The van der Waals surface area contributed by atoms with Crippen LogP contribution in [0.4, 0.5) is 5.69 Å². The van der Waals surface area contributed by atoms with E-state index in [1.807, 2.05) is 0 Å². The van der Waals surface area contributed by atoms with Crippen LogP contribution in [0.5, 0.6) is 11.5 Å². The number of ether oxygens (including phenoxy) is 2. The molecule has 1 heterocycles. The average molecular weight is 409 g/mol. The topological polar surface area (TPSA) is 144 Å². The first-order chi connectivity index (χ1) is 14.4. The molecule has 0 radical (unpaired) electrons. The highest BCUT2D eigenvalue weighted by Crippen LogP contribution is 2.29. The van der Waals surface area contributed by atoms with Crippen molar-refractivity contribution in [3.8, 4) is 11.5 Å². The van der Waals surface area contributed by atoms with Crippen molar-refractivity contribution < 1.29 is 19.2 Å². The van der Waals surface area contributed by atoms with E-state index in [-0.39, 0.29) is 17.2 Å². The molecule has 0 spiro atoms. The number of esters is 1. The molecular formula is C20H15N3O7. The van der Waals surface area contributed by atoms with Crippen LogP contribution in [0.2, 0.25) is 0 Å². The second kappa shape index (κ2) is 8.69. The number of nitrogens with one attached hydrogen (secondary N) is 2. The van der Waals surface area contributed by atoms with Gasteiger partial charge in [0.1, 0.15) is 5.69 Å². The summed E-state index contributed by atoms with van der Waals surface area (Å²) in [5.74, 6) is -0.136. The van der Waals surface area contributed by atoms with Crippen LogP contribution in [0.3, 0.4) is 0 Å². The Balaban J connectivity index is 1.89. The number of benzene rings is 2. The van der Waals surface area contributed by atoms with Crippen LogP contribution in [0.25, 0.3) is 12.2 Å². The monoisotopic (exact) mass is 409 g/mol. The number of hydrogen-bond donors (Lipinski definition) is 2. The van der Waals surface area contributed by atoms with E-state index < -0.39 is 27.8 Å². The fourth-order valence-electron chi connectivity index (χ4n) is 2.58. The maximum absolute atomic E-state index is 12.2. The maximum atomic E-state index is 12.2. The smallest absolute Gasteiger partial charge is 0.357 e. The number of aromatic amines is 2. The third-order valence-electron chi connectivity index (χ3n) is 3.97. The van der Waals surface area contributed by atoms with Gasteiger partial charge in [0.15, 0.2) is 11.5 Å². The van der Waals surface area contributed by atoms with Crippen LogP contribution in [-0.4, -0.2) is 28.0 Å². The number of methoxy groups -OCH3 is 1. The van der Waals surface area contributed by atoms with Crippen LogP contribution in [0, 0.1) is 10.1 Å². The first-order valence-corrected chi connectivity index (χ1v) is 8.53. The molecule has 0 aliphatic carbocycles. The quantitative estimate of drug-likeness (QED) is 0.275. The van der Waals surface area contributed by atoms with E-state index in [4.69, 9.17) is 9.47 Å². The lowest BCUT2D eigenvalue weighted by Crippen LogP contribution is -2.25. The van der Waals surface area contributed by atoms with Crippen molar-refractivity contribution in [2.45, 2.75) is 0 Å². The van der Waals surface area contributed by atoms with Crippen LogP contribution in [0.15, 0.2) is 58.1 Å². The SMILES string of the molecule is COc1cc(/C=C/c2[nH]c(=O)[nH]c(=O)c2[N+](=O)[O-])ccc1OC(=O)c1ccccc1. The third-order valence-corrected chi connectivity index (χ3v) is 3.97. The maximum Gasteiger partial charge on any atom is 0.357 e. The Kier molecular flexibility index (Phi) is 5.87.